The second-order valence-electron chi connectivity index (χ2n) is 13.1. The summed E-state index contributed by atoms with van der Waals surface area (Å²) in [5, 5.41) is 14.8. The van der Waals surface area contributed by atoms with Gasteiger partial charge in [0, 0.05) is 33.9 Å². The molecule has 6 unspecified atom stereocenters. The summed E-state index contributed by atoms with van der Waals surface area (Å²) < 4.78 is 11.9. The highest BCUT2D eigenvalue weighted by Crippen LogP contribution is 2.68. The maximum Gasteiger partial charge on any atom is 0.305 e. The fourth-order valence-corrected chi connectivity index (χ4v) is 11.3. The lowest BCUT2D eigenvalue weighted by Gasteiger charge is -2.43. The van der Waals surface area contributed by atoms with E-state index in [4.69, 9.17) is 9.47 Å². The summed E-state index contributed by atoms with van der Waals surface area (Å²) in [6, 6.07) is 18.6. The lowest BCUT2D eigenvalue weighted by atomic mass is 9.68. The van der Waals surface area contributed by atoms with Gasteiger partial charge < -0.3 is 19.8 Å². The molecular weight excluding hydrogens is 681 g/mol. The molecule has 2 bridgehead atoms. The number of thiazole rings is 1. The Morgan fingerprint density at radius 1 is 0.980 bits per heavy atom. The van der Waals surface area contributed by atoms with Crippen molar-refractivity contribution in [2.45, 2.75) is 36.5 Å². The lowest BCUT2D eigenvalue weighted by Crippen LogP contribution is -2.42. The quantitative estimate of drug-likeness (QED) is 0.125. The topological polar surface area (TPSA) is 161 Å². The lowest BCUT2D eigenvalue weighted by molar-refractivity contribution is -0.384. The average Bonchev–Trinajstić information content (AvgIpc) is 3.84. The van der Waals surface area contributed by atoms with Gasteiger partial charge in [0.05, 0.1) is 34.1 Å². The molecule has 3 aromatic carbocycles. The molecule has 3 amide bonds. The van der Waals surface area contributed by atoms with E-state index in [9.17, 15) is 29.3 Å². The Morgan fingerprint density at radius 3 is 2.40 bits per heavy atom. The van der Waals surface area contributed by atoms with Crippen LogP contribution in [0.5, 0.6) is 11.5 Å². The Hall–Kier alpha value is -4.95. The van der Waals surface area contributed by atoms with Crippen LogP contribution in [0.2, 0.25) is 0 Å². The molecule has 4 aliphatic rings. The number of carbonyl (C=O) groups is 3. The molecule has 1 saturated heterocycles. The van der Waals surface area contributed by atoms with E-state index in [-0.39, 0.29) is 63.8 Å². The second-order valence-corrected chi connectivity index (χ2v) is 15.3. The predicted molar refractivity (Wildman–Crippen MR) is 187 cm³/mol. The molecule has 3 heterocycles. The second kappa shape index (κ2) is 12.4. The van der Waals surface area contributed by atoms with Crippen LogP contribution in [-0.2, 0) is 14.4 Å². The number of H-pyrrole nitrogens is 1. The molecule has 7 atom stereocenters. The van der Waals surface area contributed by atoms with E-state index >= 15 is 0 Å². The molecule has 256 valence electrons. The predicted octanol–water partition coefficient (Wildman–Crippen LogP) is 5.75. The van der Waals surface area contributed by atoms with Crippen molar-refractivity contribution in [2.75, 3.05) is 23.4 Å². The molecule has 1 aromatic heterocycles. The summed E-state index contributed by atoms with van der Waals surface area (Å²) in [6.07, 6.45) is 0.717. The molecule has 2 aliphatic carbocycles. The van der Waals surface area contributed by atoms with Gasteiger partial charge in [-0.25, -0.2) is 0 Å². The standard InChI is InChI=1S/C36H32N4O8S2/c1-3-47-25-14-18(6-13-24(25)48-16-26(41)37-19-7-4-17(2)5-8-19)27-28-22-15-23(31(28)49-33-32(27)50-36(44)38-33)30-29(22)34(42)39(35(30)43)20-9-11-21(12-10-20)40(45)46/h4-14,22-23,27-31H,3,15-16H2,1-2H3,(H,37,41)(H,38,44)/t22?,23?,27-,28?,29?,30?,31?/m1/s1. The fourth-order valence-electron chi connectivity index (χ4n) is 8.45. The number of carbonyl (C=O) groups excluding carboxylic acids is 3. The summed E-state index contributed by atoms with van der Waals surface area (Å²) >= 11 is 2.75. The zero-order valence-electron chi connectivity index (χ0n) is 27.0. The van der Waals surface area contributed by atoms with Crippen molar-refractivity contribution in [2.24, 2.45) is 29.6 Å². The number of hydrogen-bond donors (Lipinski definition) is 2. The van der Waals surface area contributed by atoms with E-state index in [1.54, 1.807) is 17.8 Å². The first-order valence-electron chi connectivity index (χ1n) is 16.4. The SMILES string of the molecule is CCOc1cc([C@H]2c3sc(=O)[nH]c3SC3C4CC(C5C(=O)N(c6ccc([N+](=O)[O-])cc6)C(=O)C45)C32)ccc1OCC(=O)Nc1ccc(C)cc1. The van der Waals surface area contributed by atoms with Crippen molar-refractivity contribution < 1.29 is 28.8 Å². The van der Waals surface area contributed by atoms with Crippen LogP contribution in [0.25, 0.3) is 0 Å². The summed E-state index contributed by atoms with van der Waals surface area (Å²) in [4.78, 5) is 69.0. The number of amides is 3. The maximum absolute atomic E-state index is 14.1. The minimum absolute atomic E-state index is 0.0190. The van der Waals surface area contributed by atoms with Gasteiger partial charge in [0.25, 0.3) is 11.6 Å². The number of thioether (sulfide) groups is 1. The van der Waals surface area contributed by atoms with Crippen molar-refractivity contribution in [1.29, 1.82) is 0 Å². The normalized spacial score (nSPS) is 26.0. The van der Waals surface area contributed by atoms with Gasteiger partial charge in [-0.05, 0) is 80.0 Å². The Morgan fingerprint density at radius 2 is 1.70 bits per heavy atom. The number of benzene rings is 3. The maximum atomic E-state index is 14.1. The molecule has 2 N–H and O–H groups in total. The van der Waals surface area contributed by atoms with Crippen LogP contribution in [0.15, 0.2) is 76.6 Å². The van der Waals surface area contributed by atoms with Gasteiger partial charge in [0.2, 0.25) is 11.8 Å². The molecule has 14 heteroatoms. The number of imide groups is 1. The van der Waals surface area contributed by atoms with Gasteiger partial charge in [-0.3, -0.25) is 34.2 Å². The Balaban J connectivity index is 1.09. The zero-order valence-corrected chi connectivity index (χ0v) is 28.6. The number of aromatic nitrogens is 1. The van der Waals surface area contributed by atoms with E-state index in [1.165, 1.54) is 29.2 Å². The molecule has 3 fully saturated rings. The van der Waals surface area contributed by atoms with Gasteiger partial charge in [-0.15, -0.1) is 11.8 Å². The van der Waals surface area contributed by atoms with Crippen LogP contribution in [0.1, 0.15) is 35.3 Å². The van der Waals surface area contributed by atoms with Crippen molar-refractivity contribution in [3.05, 3.63) is 103 Å². The third-order valence-electron chi connectivity index (χ3n) is 10.4. The third-order valence-corrected chi connectivity index (χ3v) is 13.0. The molecule has 50 heavy (non-hydrogen) atoms. The number of nitro groups is 1. The first-order valence-corrected chi connectivity index (χ1v) is 18.1. The number of anilines is 2. The molecule has 0 spiro atoms. The summed E-state index contributed by atoms with van der Waals surface area (Å²) in [6.45, 7) is 3.96. The smallest absolute Gasteiger partial charge is 0.305 e. The van der Waals surface area contributed by atoms with E-state index in [1.807, 2.05) is 50.2 Å². The van der Waals surface area contributed by atoms with Crippen LogP contribution >= 0.6 is 23.1 Å². The Labute approximate surface area is 294 Å². The van der Waals surface area contributed by atoms with Crippen LogP contribution in [0, 0.1) is 46.6 Å². The first-order chi connectivity index (χ1) is 24.1. The van der Waals surface area contributed by atoms with Gasteiger partial charge >= 0.3 is 4.87 Å². The van der Waals surface area contributed by atoms with Crippen LogP contribution in [0.4, 0.5) is 17.1 Å². The van der Waals surface area contributed by atoms with Crippen molar-refractivity contribution in [3.8, 4) is 11.5 Å². The highest BCUT2D eigenvalue weighted by molar-refractivity contribution is 8.00. The van der Waals surface area contributed by atoms with Crippen molar-refractivity contribution in [3.63, 3.8) is 0 Å². The number of nitrogens with zero attached hydrogens (tertiary/aromatic N) is 2. The Bertz CT molecular complexity index is 2100. The van der Waals surface area contributed by atoms with E-state index in [2.05, 4.69) is 10.3 Å². The number of nitrogens with one attached hydrogen (secondary N) is 2. The number of aryl methyl sites for hydroxylation is 1. The number of nitro benzene ring substituents is 1. The minimum Gasteiger partial charge on any atom is -0.490 e. The molecular formula is C36H32N4O8S2. The van der Waals surface area contributed by atoms with E-state index in [0.29, 0.717) is 35.9 Å². The van der Waals surface area contributed by atoms with Crippen LogP contribution in [0.3, 0.4) is 0 Å². The number of aromatic amines is 1. The summed E-state index contributed by atoms with van der Waals surface area (Å²) in [5.74, 6) is -1.50. The molecule has 0 radical (unpaired) electrons. The molecule has 8 rings (SSSR count). The van der Waals surface area contributed by atoms with Gasteiger partial charge in [-0.2, -0.15) is 0 Å². The number of fused-ring (bicyclic) bond motifs is 9. The van der Waals surface area contributed by atoms with Gasteiger partial charge in [0.1, 0.15) is 0 Å². The number of rotatable bonds is 9. The van der Waals surface area contributed by atoms with Crippen LogP contribution in [-0.4, -0.2) is 46.1 Å². The van der Waals surface area contributed by atoms with Crippen molar-refractivity contribution in [1.82, 2.24) is 4.98 Å². The van der Waals surface area contributed by atoms with Gasteiger partial charge in [0.15, 0.2) is 18.1 Å². The molecule has 2 saturated carbocycles. The minimum atomic E-state index is -0.523. The summed E-state index contributed by atoms with van der Waals surface area (Å²) in [5.41, 5.74) is 2.86. The van der Waals surface area contributed by atoms with E-state index < -0.39 is 16.8 Å². The highest BCUT2D eigenvalue weighted by Gasteiger charge is 2.69. The largest absolute Gasteiger partial charge is 0.490 e. The highest BCUT2D eigenvalue weighted by atomic mass is 32.2. The third kappa shape index (κ3) is 5.28. The van der Waals surface area contributed by atoms with Gasteiger partial charge in [-0.1, -0.05) is 35.1 Å². The van der Waals surface area contributed by atoms with Crippen molar-refractivity contribution >= 4 is 57.9 Å². The van der Waals surface area contributed by atoms with Crippen LogP contribution < -0.4 is 24.6 Å². The number of ether oxygens (including phenoxy) is 2. The zero-order chi connectivity index (χ0) is 34.8. The monoisotopic (exact) mass is 712 g/mol. The Kier molecular flexibility index (Phi) is 8.02. The molecule has 2 aliphatic heterocycles. The first kappa shape index (κ1) is 32.3. The van der Waals surface area contributed by atoms with E-state index in [0.717, 1.165) is 32.4 Å². The fraction of sp³-hybridized carbons (Fsp3) is 0.333. The number of non-ortho nitro benzene ring substituents is 1. The number of hydrogen-bond acceptors (Lipinski definition) is 10. The molecule has 12 nitrogen and oxygen atoms in total. The summed E-state index contributed by atoms with van der Waals surface area (Å²) in [7, 11) is 0. The average molecular weight is 713 g/mol. The molecule has 4 aromatic rings.